The van der Waals surface area contributed by atoms with Crippen molar-refractivity contribution in [2.75, 3.05) is 20.5 Å². The van der Waals surface area contributed by atoms with Gasteiger partial charge < -0.3 is 28.3 Å². The summed E-state index contributed by atoms with van der Waals surface area (Å²) in [5, 5.41) is 0. The summed E-state index contributed by atoms with van der Waals surface area (Å²) in [6.07, 6.45) is 0. The normalized spacial score (nSPS) is 17.2. The lowest BCUT2D eigenvalue weighted by Crippen LogP contribution is -2.41. The fourth-order valence-corrected chi connectivity index (χ4v) is 3.04. The first-order chi connectivity index (χ1) is 14.3. The molecule has 0 saturated carbocycles. The maximum Gasteiger partial charge on any atom is 0.495 e. The van der Waals surface area contributed by atoms with Crippen LogP contribution in [0.4, 0.5) is 0 Å². The van der Waals surface area contributed by atoms with E-state index in [2.05, 4.69) is 0 Å². The molecule has 0 aromatic heterocycles. The van der Waals surface area contributed by atoms with Crippen molar-refractivity contribution in [3.05, 3.63) is 48.0 Å². The van der Waals surface area contributed by atoms with Crippen molar-refractivity contribution in [2.45, 2.75) is 52.4 Å². The van der Waals surface area contributed by atoms with Crippen LogP contribution in [-0.2, 0) is 25.4 Å². The lowest BCUT2D eigenvalue weighted by atomic mass is 9.76. The van der Waals surface area contributed by atoms with Crippen molar-refractivity contribution in [1.29, 1.82) is 0 Å². The van der Waals surface area contributed by atoms with E-state index in [0.29, 0.717) is 19.0 Å². The molecule has 6 nitrogen and oxygen atoms in total. The third-order valence-electron chi connectivity index (χ3n) is 5.55. The standard InChI is InChI=1S/C23H31BO6/c1-7-26-16-27-15-17-14-20(28-19-10-8-18(25-6)9-11-19)12-13-21(17)24-29-22(2,3)23(4,5)30-24/h8-14H,7,15-16H2,1-6H3. The van der Waals surface area contributed by atoms with Gasteiger partial charge in [0.25, 0.3) is 0 Å². The SMILES string of the molecule is CCOCOCc1cc(Oc2ccc(OC)cc2)ccc1B1OC(C)(C)C(C)(C)O1. The maximum absolute atomic E-state index is 6.24. The van der Waals surface area contributed by atoms with Crippen LogP contribution in [0.3, 0.4) is 0 Å². The van der Waals surface area contributed by atoms with Gasteiger partial charge >= 0.3 is 7.12 Å². The summed E-state index contributed by atoms with van der Waals surface area (Å²) in [5.41, 5.74) is 1.02. The van der Waals surface area contributed by atoms with E-state index in [-0.39, 0.29) is 6.79 Å². The molecular formula is C23H31BO6. The highest BCUT2D eigenvalue weighted by Crippen LogP contribution is 2.37. The van der Waals surface area contributed by atoms with Gasteiger partial charge in [-0.25, -0.2) is 0 Å². The topological polar surface area (TPSA) is 55.4 Å². The Morgan fingerprint density at radius 1 is 0.833 bits per heavy atom. The van der Waals surface area contributed by atoms with Crippen LogP contribution < -0.4 is 14.9 Å². The highest BCUT2D eigenvalue weighted by molar-refractivity contribution is 6.62. The predicted molar refractivity (Wildman–Crippen MR) is 117 cm³/mol. The first-order valence-electron chi connectivity index (χ1n) is 10.2. The molecule has 0 radical (unpaired) electrons. The number of ether oxygens (including phenoxy) is 4. The van der Waals surface area contributed by atoms with Crippen molar-refractivity contribution >= 4 is 12.6 Å². The van der Waals surface area contributed by atoms with E-state index in [1.807, 2.05) is 77.1 Å². The van der Waals surface area contributed by atoms with E-state index in [0.717, 1.165) is 22.5 Å². The second-order valence-electron chi connectivity index (χ2n) is 8.19. The highest BCUT2D eigenvalue weighted by Gasteiger charge is 2.52. The van der Waals surface area contributed by atoms with Gasteiger partial charge in [-0.3, -0.25) is 0 Å². The Bertz CT molecular complexity index is 818. The minimum absolute atomic E-state index is 0.225. The molecular weight excluding hydrogens is 383 g/mol. The van der Waals surface area contributed by atoms with E-state index < -0.39 is 18.3 Å². The monoisotopic (exact) mass is 414 g/mol. The zero-order chi connectivity index (χ0) is 21.8. The first-order valence-corrected chi connectivity index (χ1v) is 10.2. The number of hydrogen-bond donors (Lipinski definition) is 0. The summed E-state index contributed by atoms with van der Waals surface area (Å²) >= 11 is 0. The molecule has 162 valence electrons. The van der Waals surface area contributed by atoms with Gasteiger partial charge in [-0.15, -0.1) is 0 Å². The molecule has 0 N–H and O–H groups in total. The Labute approximate surface area is 179 Å². The Morgan fingerprint density at radius 2 is 1.43 bits per heavy atom. The van der Waals surface area contributed by atoms with E-state index in [1.165, 1.54) is 0 Å². The molecule has 0 atom stereocenters. The zero-order valence-corrected chi connectivity index (χ0v) is 18.7. The summed E-state index contributed by atoms with van der Waals surface area (Å²) in [6.45, 7) is 11.3. The van der Waals surface area contributed by atoms with Crippen LogP contribution in [0.2, 0.25) is 0 Å². The lowest BCUT2D eigenvalue weighted by molar-refractivity contribution is -0.0570. The molecule has 1 aliphatic rings. The van der Waals surface area contributed by atoms with Gasteiger partial charge in [0.1, 0.15) is 24.0 Å². The fourth-order valence-electron chi connectivity index (χ4n) is 3.04. The largest absolute Gasteiger partial charge is 0.497 e. The summed E-state index contributed by atoms with van der Waals surface area (Å²) in [5.74, 6) is 2.21. The van der Waals surface area contributed by atoms with Crippen molar-refractivity contribution in [2.24, 2.45) is 0 Å². The number of benzene rings is 2. The molecule has 1 fully saturated rings. The average molecular weight is 414 g/mol. The van der Waals surface area contributed by atoms with Crippen LogP contribution in [0.25, 0.3) is 0 Å². The zero-order valence-electron chi connectivity index (χ0n) is 18.7. The van der Waals surface area contributed by atoms with Gasteiger partial charge in [0.15, 0.2) is 0 Å². The molecule has 0 bridgehead atoms. The quantitative estimate of drug-likeness (QED) is 0.347. The van der Waals surface area contributed by atoms with Crippen LogP contribution in [0.1, 0.15) is 40.2 Å². The van der Waals surface area contributed by atoms with Gasteiger partial charge in [0, 0.05) is 6.61 Å². The smallest absolute Gasteiger partial charge is 0.495 e. The minimum atomic E-state index is -0.476. The van der Waals surface area contributed by atoms with Crippen LogP contribution >= 0.6 is 0 Å². The Morgan fingerprint density at radius 3 is 2.03 bits per heavy atom. The van der Waals surface area contributed by atoms with Gasteiger partial charge in [0.2, 0.25) is 0 Å². The van der Waals surface area contributed by atoms with Gasteiger partial charge in [-0.2, -0.15) is 0 Å². The molecule has 0 amide bonds. The number of methoxy groups -OCH3 is 1. The Hall–Kier alpha value is -2.06. The second-order valence-corrected chi connectivity index (χ2v) is 8.19. The summed E-state index contributed by atoms with van der Waals surface area (Å²) in [4.78, 5) is 0. The molecule has 1 heterocycles. The highest BCUT2D eigenvalue weighted by atomic mass is 16.7. The lowest BCUT2D eigenvalue weighted by Gasteiger charge is -2.32. The molecule has 1 aliphatic heterocycles. The molecule has 30 heavy (non-hydrogen) atoms. The van der Waals surface area contributed by atoms with Crippen LogP contribution in [0.15, 0.2) is 42.5 Å². The van der Waals surface area contributed by atoms with E-state index in [4.69, 9.17) is 28.3 Å². The third-order valence-corrected chi connectivity index (χ3v) is 5.55. The van der Waals surface area contributed by atoms with E-state index in [1.54, 1.807) is 7.11 Å². The molecule has 2 aromatic rings. The molecule has 1 saturated heterocycles. The summed E-state index contributed by atoms with van der Waals surface area (Å²) in [6, 6.07) is 13.3. The van der Waals surface area contributed by atoms with Crippen molar-refractivity contribution in [3.63, 3.8) is 0 Å². The molecule has 7 heteroatoms. The maximum atomic E-state index is 6.24. The number of rotatable bonds is 9. The van der Waals surface area contributed by atoms with E-state index >= 15 is 0 Å². The van der Waals surface area contributed by atoms with E-state index in [9.17, 15) is 0 Å². The van der Waals surface area contributed by atoms with Crippen LogP contribution in [0.5, 0.6) is 17.2 Å². The second kappa shape index (κ2) is 9.39. The molecule has 0 unspecified atom stereocenters. The summed E-state index contributed by atoms with van der Waals surface area (Å²) < 4.78 is 34.7. The van der Waals surface area contributed by atoms with Crippen molar-refractivity contribution in [1.82, 2.24) is 0 Å². The van der Waals surface area contributed by atoms with Gasteiger partial charge in [0.05, 0.1) is 24.9 Å². The van der Waals surface area contributed by atoms with Gasteiger partial charge in [-0.05, 0) is 82.0 Å². The average Bonchev–Trinajstić information content (AvgIpc) is 2.93. The molecule has 2 aromatic carbocycles. The Balaban J connectivity index is 1.82. The van der Waals surface area contributed by atoms with Crippen LogP contribution in [-0.4, -0.2) is 38.8 Å². The predicted octanol–water partition coefficient (Wildman–Crippen LogP) is 4.30. The Kier molecular flexibility index (Phi) is 7.08. The number of hydrogen-bond acceptors (Lipinski definition) is 6. The summed E-state index contributed by atoms with van der Waals surface area (Å²) in [7, 11) is 1.16. The first kappa shape index (κ1) is 22.6. The molecule has 0 spiro atoms. The van der Waals surface area contributed by atoms with Crippen LogP contribution in [0, 0.1) is 0 Å². The van der Waals surface area contributed by atoms with Gasteiger partial charge in [-0.1, -0.05) is 6.07 Å². The third kappa shape index (κ3) is 5.16. The minimum Gasteiger partial charge on any atom is -0.497 e. The van der Waals surface area contributed by atoms with Crippen molar-refractivity contribution < 1.29 is 28.3 Å². The molecule has 3 rings (SSSR count). The van der Waals surface area contributed by atoms with Crippen molar-refractivity contribution in [3.8, 4) is 17.2 Å². The molecule has 0 aliphatic carbocycles. The fraction of sp³-hybridized carbons (Fsp3) is 0.478.